The number of hydrogen-bond acceptors (Lipinski definition) is 2. The van der Waals surface area contributed by atoms with Crippen molar-refractivity contribution >= 4 is 18.3 Å². The maximum absolute atomic E-state index is 11.8. The summed E-state index contributed by atoms with van der Waals surface area (Å²) < 4.78 is 0. The number of benzene rings is 1. The Bertz CT molecular complexity index is 337. The normalized spacial score (nSPS) is 19.2. The summed E-state index contributed by atoms with van der Waals surface area (Å²) in [5.41, 5.74) is 1.15. The number of nitrogens with one attached hydrogen (secondary N) is 2. The van der Waals surface area contributed by atoms with Crippen molar-refractivity contribution in [3.8, 4) is 0 Å². The second kappa shape index (κ2) is 7.30. The lowest BCUT2D eigenvalue weighted by Crippen LogP contribution is -2.46. The molecule has 0 aromatic heterocycles. The number of rotatable bonds is 3. The summed E-state index contributed by atoms with van der Waals surface area (Å²) in [5.74, 6) is 0.128. The van der Waals surface area contributed by atoms with Gasteiger partial charge in [-0.25, -0.2) is 0 Å². The third kappa shape index (κ3) is 4.36. The van der Waals surface area contributed by atoms with Gasteiger partial charge in [-0.3, -0.25) is 4.79 Å². The molecule has 1 amide bonds. The number of carbonyl (C=O) groups excluding carboxylic acids is 1. The smallest absolute Gasteiger partial charge is 0.237 e. The fourth-order valence-electron chi connectivity index (χ4n) is 1.98. The van der Waals surface area contributed by atoms with Crippen LogP contribution in [0, 0.1) is 0 Å². The molecule has 1 fully saturated rings. The average Bonchev–Trinajstić information content (AvgIpc) is 2.38. The van der Waals surface area contributed by atoms with E-state index >= 15 is 0 Å². The third-order valence-corrected chi connectivity index (χ3v) is 2.94. The van der Waals surface area contributed by atoms with Gasteiger partial charge in [0.15, 0.2) is 0 Å². The quantitative estimate of drug-likeness (QED) is 0.865. The maximum Gasteiger partial charge on any atom is 0.237 e. The van der Waals surface area contributed by atoms with Crippen molar-refractivity contribution in [1.29, 1.82) is 0 Å². The minimum Gasteiger partial charge on any atom is -0.351 e. The van der Waals surface area contributed by atoms with Crippen LogP contribution in [0.15, 0.2) is 30.3 Å². The van der Waals surface area contributed by atoms with Crippen LogP contribution in [0.5, 0.6) is 0 Å². The van der Waals surface area contributed by atoms with Crippen molar-refractivity contribution in [3.05, 3.63) is 35.9 Å². The highest BCUT2D eigenvalue weighted by Crippen LogP contribution is 2.07. The summed E-state index contributed by atoms with van der Waals surface area (Å²) in [6.07, 6.45) is 3.29. The maximum atomic E-state index is 11.8. The minimum atomic E-state index is 0. The van der Waals surface area contributed by atoms with E-state index in [4.69, 9.17) is 0 Å². The van der Waals surface area contributed by atoms with Gasteiger partial charge >= 0.3 is 0 Å². The summed E-state index contributed by atoms with van der Waals surface area (Å²) in [5, 5.41) is 6.21. The standard InChI is InChI=1S/C13H18N2O.ClH/c16-13(12-8-4-5-9-14-12)15-10-11-6-2-1-3-7-11;/h1-3,6-7,12,14H,4-5,8-10H2,(H,15,16);1H/t12-;/m1./s1. The highest BCUT2D eigenvalue weighted by molar-refractivity contribution is 5.85. The molecule has 1 atom stereocenters. The van der Waals surface area contributed by atoms with Crippen molar-refractivity contribution in [2.75, 3.05) is 6.54 Å². The molecular formula is C13H19ClN2O. The van der Waals surface area contributed by atoms with E-state index in [9.17, 15) is 4.79 Å². The molecule has 3 nitrogen and oxygen atoms in total. The van der Waals surface area contributed by atoms with Gasteiger partial charge in [-0.15, -0.1) is 12.4 Å². The lowest BCUT2D eigenvalue weighted by molar-refractivity contribution is -0.123. The minimum absolute atomic E-state index is 0. The zero-order valence-electron chi connectivity index (χ0n) is 9.82. The molecule has 17 heavy (non-hydrogen) atoms. The molecule has 0 bridgehead atoms. The van der Waals surface area contributed by atoms with E-state index in [1.54, 1.807) is 0 Å². The molecule has 0 radical (unpaired) electrons. The van der Waals surface area contributed by atoms with E-state index in [1.807, 2.05) is 30.3 Å². The molecule has 94 valence electrons. The molecule has 0 unspecified atom stereocenters. The van der Waals surface area contributed by atoms with Crippen molar-refractivity contribution in [3.63, 3.8) is 0 Å². The summed E-state index contributed by atoms with van der Waals surface area (Å²) in [6.45, 7) is 1.58. The van der Waals surface area contributed by atoms with Crippen LogP contribution in [-0.4, -0.2) is 18.5 Å². The first-order valence-corrected chi connectivity index (χ1v) is 5.91. The van der Waals surface area contributed by atoms with Crippen molar-refractivity contribution < 1.29 is 4.79 Å². The summed E-state index contributed by atoms with van der Waals surface area (Å²) in [4.78, 5) is 11.8. The Labute approximate surface area is 108 Å². The lowest BCUT2D eigenvalue weighted by atomic mass is 10.0. The Morgan fingerprint density at radius 2 is 2.06 bits per heavy atom. The van der Waals surface area contributed by atoms with E-state index < -0.39 is 0 Å². The van der Waals surface area contributed by atoms with Crippen LogP contribution in [0.25, 0.3) is 0 Å². The highest BCUT2D eigenvalue weighted by atomic mass is 35.5. The number of amides is 1. The zero-order chi connectivity index (χ0) is 11.2. The summed E-state index contributed by atoms with van der Waals surface area (Å²) in [6, 6.07) is 10.0. The predicted octanol–water partition coefficient (Wildman–Crippen LogP) is 1.87. The molecule has 1 aromatic rings. The Hall–Kier alpha value is -1.06. The Kier molecular flexibility index (Phi) is 6.01. The van der Waals surface area contributed by atoms with Crippen LogP contribution in [0.3, 0.4) is 0 Å². The summed E-state index contributed by atoms with van der Waals surface area (Å²) >= 11 is 0. The van der Waals surface area contributed by atoms with Crippen LogP contribution in [0.2, 0.25) is 0 Å². The predicted molar refractivity (Wildman–Crippen MR) is 71.2 cm³/mol. The second-order valence-corrected chi connectivity index (χ2v) is 4.21. The van der Waals surface area contributed by atoms with E-state index in [-0.39, 0.29) is 24.4 Å². The molecule has 1 aromatic carbocycles. The fourth-order valence-corrected chi connectivity index (χ4v) is 1.98. The lowest BCUT2D eigenvalue weighted by Gasteiger charge is -2.22. The Balaban J connectivity index is 0.00000144. The van der Waals surface area contributed by atoms with Crippen LogP contribution in [0.1, 0.15) is 24.8 Å². The first-order valence-electron chi connectivity index (χ1n) is 5.91. The molecular weight excluding hydrogens is 236 g/mol. The van der Waals surface area contributed by atoms with Gasteiger partial charge in [0.1, 0.15) is 0 Å². The van der Waals surface area contributed by atoms with Crippen molar-refractivity contribution in [2.24, 2.45) is 0 Å². The highest BCUT2D eigenvalue weighted by Gasteiger charge is 2.19. The molecule has 2 rings (SSSR count). The monoisotopic (exact) mass is 254 g/mol. The SMILES string of the molecule is Cl.O=C(NCc1ccccc1)[C@H]1CCCCN1. The van der Waals surface area contributed by atoms with E-state index in [0.29, 0.717) is 6.54 Å². The molecule has 1 aliphatic heterocycles. The van der Waals surface area contributed by atoms with Gasteiger partial charge in [-0.05, 0) is 24.9 Å². The van der Waals surface area contributed by atoms with E-state index in [0.717, 1.165) is 24.9 Å². The van der Waals surface area contributed by atoms with Crippen LogP contribution in [-0.2, 0) is 11.3 Å². The van der Waals surface area contributed by atoms with Crippen LogP contribution < -0.4 is 10.6 Å². The largest absolute Gasteiger partial charge is 0.351 e. The third-order valence-electron chi connectivity index (χ3n) is 2.94. The molecule has 1 aliphatic rings. The van der Waals surface area contributed by atoms with Crippen LogP contribution in [0.4, 0.5) is 0 Å². The molecule has 0 saturated carbocycles. The molecule has 4 heteroatoms. The van der Waals surface area contributed by atoms with Gasteiger partial charge in [0.05, 0.1) is 6.04 Å². The van der Waals surface area contributed by atoms with Gasteiger partial charge in [0.2, 0.25) is 5.91 Å². The molecule has 0 spiro atoms. The van der Waals surface area contributed by atoms with Gasteiger partial charge in [-0.1, -0.05) is 36.8 Å². The topological polar surface area (TPSA) is 41.1 Å². The molecule has 1 heterocycles. The second-order valence-electron chi connectivity index (χ2n) is 4.21. The van der Waals surface area contributed by atoms with Gasteiger partial charge < -0.3 is 10.6 Å². The number of halogens is 1. The average molecular weight is 255 g/mol. The number of piperidine rings is 1. The number of hydrogen-bond donors (Lipinski definition) is 2. The Morgan fingerprint density at radius 1 is 1.29 bits per heavy atom. The van der Waals surface area contributed by atoms with Crippen LogP contribution >= 0.6 is 12.4 Å². The van der Waals surface area contributed by atoms with Gasteiger partial charge in [0, 0.05) is 6.54 Å². The Morgan fingerprint density at radius 3 is 2.71 bits per heavy atom. The molecule has 0 aliphatic carbocycles. The summed E-state index contributed by atoms with van der Waals surface area (Å²) in [7, 11) is 0. The molecule has 2 N–H and O–H groups in total. The van der Waals surface area contributed by atoms with Gasteiger partial charge in [0.25, 0.3) is 0 Å². The van der Waals surface area contributed by atoms with Gasteiger partial charge in [-0.2, -0.15) is 0 Å². The van der Waals surface area contributed by atoms with E-state index in [1.165, 1.54) is 6.42 Å². The first kappa shape index (κ1) is 14.0. The zero-order valence-corrected chi connectivity index (χ0v) is 10.6. The van der Waals surface area contributed by atoms with Crippen molar-refractivity contribution in [2.45, 2.75) is 31.8 Å². The number of carbonyl (C=O) groups is 1. The van der Waals surface area contributed by atoms with E-state index in [2.05, 4.69) is 10.6 Å². The first-order chi connectivity index (χ1) is 7.86. The molecule has 1 saturated heterocycles. The van der Waals surface area contributed by atoms with Crippen molar-refractivity contribution in [1.82, 2.24) is 10.6 Å². The fraction of sp³-hybridized carbons (Fsp3) is 0.462.